The summed E-state index contributed by atoms with van der Waals surface area (Å²) in [5.74, 6) is -2.98. The molecule has 0 aromatic carbocycles. The van der Waals surface area contributed by atoms with E-state index >= 15 is 0 Å². The molecule has 2 saturated carbocycles. The van der Waals surface area contributed by atoms with Crippen LogP contribution in [0.5, 0.6) is 0 Å². The Hall–Kier alpha value is -2.29. The SMILES string of the molecule is CC(C)(C)C1CCC(N2C(=O)C(C(=O)NCC(=O)O)=C(O)N(C3CCCCC3)C2O)CC1. The summed E-state index contributed by atoms with van der Waals surface area (Å²) in [6.45, 7) is 5.95. The van der Waals surface area contributed by atoms with Crippen molar-refractivity contribution in [1.82, 2.24) is 15.1 Å². The molecule has 0 radical (unpaired) electrons. The normalized spacial score (nSPS) is 28.1. The van der Waals surface area contributed by atoms with Crippen molar-refractivity contribution in [3.63, 3.8) is 0 Å². The van der Waals surface area contributed by atoms with E-state index in [0.29, 0.717) is 18.8 Å². The largest absolute Gasteiger partial charge is 0.494 e. The van der Waals surface area contributed by atoms with E-state index < -0.39 is 42.1 Å². The fourth-order valence-electron chi connectivity index (χ4n) is 5.44. The van der Waals surface area contributed by atoms with E-state index in [0.717, 1.165) is 44.9 Å². The molecule has 32 heavy (non-hydrogen) atoms. The monoisotopic (exact) mass is 451 g/mol. The average molecular weight is 452 g/mol. The van der Waals surface area contributed by atoms with Gasteiger partial charge in [-0.05, 0) is 49.9 Å². The third-order valence-corrected chi connectivity index (χ3v) is 7.32. The maximum atomic E-state index is 13.4. The Bertz CT molecular complexity index is 760. The molecule has 1 heterocycles. The van der Waals surface area contributed by atoms with Gasteiger partial charge in [-0.25, -0.2) is 0 Å². The molecule has 0 saturated heterocycles. The van der Waals surface area contributed by atoms with Gasteiger partial charge in [-0.15, -0.1) is 0 Å². The summed E-state index contributed by atoms with van der Waals surface area (Å²) in [6.07, 6.45) is 6.29. The van der Waals surface area contributed by atoms with Gasteiger partial charge in [0.05, 0.1) is 0 Å². The van der Waals surface area contributed by atoms with E-state index in [9.17, 15) is 24.6 Å². The molecule has 0 spiro atoms. The van der Waals surface area contributed by atoms with Gasteiger partial charge in [0.2, 0.25) is 12.2 Å². The quantitative estimate of drug-likeness (QED) is 0.472. The number of nitrogens with zero attached hydrogens (tertiary/aromatic N) is 2. The number of aliphatic hydroxyl groups is 2. The van der Waals surface area contributed by atoms with Crippen molar-refractivity contribution in [2.45, 2.75) is 97.0 Å². The first-order valence-corrected chi connectivity index (χ1v) is 11.7. The summed E-state index contributed by atoms with van der Waals surface area (Å²) in [6, 6.07) is -0.444. The molecule has 9 heteroatoms. The summed E-state index contributed by atoms with van der Waals surface area (Å²) in [5, 5.41) is 33.2. The maximum absolute atomic E-state index is 13.4. The van der Waals surface area contributed by atoms with Crippen molar-refractivity contribution in [2.75, 3.05) is 6.54 Å². The van der Waals surface area contributed by atoms with Gasteiger partial charge in [0, 0.05) is 12.1 Å². The molecule has 4 N–H and O–H groups in total. The number of carboxylic acids is 1. The minimum absolute atomic E-state index is 0.156. The maximum Gasteiger partial charge on any atom is 0.322 e. The van der Waals surface area contributed by atoms with E-state index in [1.54, 1.807) is 0 Å². The number of carbonyl (C=O) groups excluding carboxylic acids is 2. The zero-order valence-electron chi connectivity index (χ0n) is 19.3. The molecule has 2 fully saturated rings. The number of hydrogen-bond acceptors (Lipinski definition) is 6. The van der Waals surface area contributed by atoms with Crippen molar-refractivity contribution >= 4 is 17.8 Å². The molecular weight excluding hydrogens is 414 g/mol. The van der Waals surface area contributed by atoms with Crippen molar-refractivity contribution in [3.05, 3.63) is 11.5 Å². The Morgan fingerprint density at radius 1 is 0.969 bits per heavy atom. The van der Waals surface area contributed by atoms with Crippen LogP contribution in [0.1, 0.15) is 78.6 Å². The number of aliphatic carboxylic acids is 1. The third-order valence-electron chi connectivity index (χ3n) is 7.32. The van der Waals surface area contributed by atoms with Gasteiger partial charge in [0.15, 0.2) is 5.57 Å². The van der Waals surface area contributed by atoms with Crippen molar-refractivity contribution in [3.8, 4) is 0 Å². The summed E-state index contributed by atoms with van der Waals surface area (Å²) < 4.78 is 0. The van der Waals surface area contributed by atoms with Crippen molar-refractivity contribution in [2.24, 2.45) is 11.3 Å². The number of rotatable bonds is 5. The number of carboxylic acid groups (broad SMARTS) is 1. The molecule has 3 rings (SSSR count). The molecule has 9 nitrogen and oxygen atoms in total. The highest BCUT2D eigenvalue weighted by molar-refractivity contribution is 6.19. The Morgan fingerprint density at radius 3 is 2.06 bits per heavy atom. The first-order valence-electron chi connectivity index (χ1n) is 11.7. The van der Waals surface area contributed by atoms with Crippen molar-refractivity contribution < 1.29 is 29.7 Å². The van der Waals surface area contributed by atoms with Gasteiger partial charge in [-0.2, -0.15) is 0 Å². The lowest BCUT2D eigenvalue weighted by Crippen LogP contribution is -2.63. The predicted molar refractivity (Wildman–Crippen MR) is 117 cm³/mol. The lowest BCUT2D eigenvalue weighted by Gasteiger charge is -2.50. The molecule has 0 aromatic heterocycles. The fourth-order valence-corrected chi connectivity index (χ4v) is 5.44. The highest BCUT2D eigenvalue weighted by Gasteiger charge is 2.48. The number of aliphatic hydroxyl groups excluding tert-OH is 2. The summed E-state index contributed by atoms with van der Waals surface area (Å²) >= 11 is 0. The highest BCUT2D eigenvalue weighted by atomic mass is 16.4. The van der Waals surface area contributed by atoms with Crippen LogP contribution >= 0.6 is 0 Å². The standard InChI is InChI=1S/C23H37N3O6/c1-23(2,3)14-9-11-16(12-10-14)26-21(31)18(19(29)24-13-17(27)28)20(30)25(22(26)32)15-7-5-4-6-8-15/h14-16,22,30,32H,4-13H2,1-3H3,(H,24,29)(H,27,28). The number of nitrogens with one attached hydrogen (secondary N) is 1. The summed E-state index contributed by atoms with van der Waals surface area (Å²) in [7, 11) is 0. The lowest BCUT2D eigenvalue weighted by atomic mass is 9.71. The second-order valence-corrected chi connectivity index (χ2v) is 10.4. The lowest BCUT2D eigenvalue weighted by molar-refractivity contribution is -0.182. The highest BCUT2D eigenvalue weighted by Crippen LogP contribution is 2.41. The summed E-state index contributed by atoms with van der Waals surface area (Å²) in [4.78, 5) is 39.7. The first kappa shape index (κ1) is 24.4. The van der Waals surface area contributed by atoms with Crippen LogP contribution in [0.25, 0.3) is 0 Å². The zero-order valence-corrected chi connectivity index (χ0v) is 19.3. The van der Waals surface area contributed by atoms with Crippen LogP contribution in [0.4, 0.5) is 0 Å². The smallest absolute Gasteiger partial charge is 0.322 e. The fraction of sp³-hybridized carbons (Fsp3) is 0.783. The second-order valence-electron chi connectivity index (χ2n) is 10.4. The van der Waals surface area contributed by atoms with Crippen molar-refractivity contribution in [1.29, 1.82) is 0 Å². The van der Waals surface area contributed by atoms with Gasteiger partial charge in [0.1, 0.15) is 6.54 Å². The van der Waals surface area contributed by atoms with E-state index in [4.69, 9.17) is 5.11 Å². The van der Waals surface area contributed by atoms with Gasteiger partial charge in [-0.1, -0.05) is 40.0 Å². The average Bonchev–Trinajstić information content (AvgIpc) is 2.72. The molecule has 0 bridgehead atoms. The molecule has 2 amide bonds. The molecule has 0 aromatic rings. The van der Waals surface area contributed by atoms with Gasteiger partial charge >= 0.3 is 5.97 Å². The molecule has 180 valence electrons. The minimum Gasteiger partial charge on any atom is -0.494 e. The van der Waals surface area contributed by atoms with E-state index in [-0.39, 0.29) is 17.5 Å². The molecule has 3 aliphatic rings. The van der Waals surface area contributed by atoms with Crippen LogP contribution in [-0.2, 0) is 14.4 Å². The Balaban J connectivity index is 1.90. The van der Waals surface area contributed by atoms with Gasteiger partial charge in [0.25, 0.3) is 11.8 Å². The number of carbonyl (C=O) groups is 3. The first-order chi connectivity index (χ1) is 15.0. The molecule has 1 aliphatic heterocycles. The second kappa shape index (κ2) is 9.68. The van der Waals surface area contributed by atoms with Crippen LogP contribution in [0, 0.1) is 11.3 Å². The van der Waals surface area contributed by atoms with Gasteiger partial charge in [-0.3, -0.25) is 24.2 Å². The zero-order chi connectivity index (χ0) is 23.6. The Morgan fingerprint density at radius 2 is 1.53 bits per heavy atom. The predicted octanol–water partition coefficient (Wildman–Crippen LogP) is 2.31. The van der Waals surface area contributed by atoms with Crippen LogP contribution in [0.2, 0.25) is 0 Å². The minimum atomic E-state index is -1.35. The van der Waals surface area contributed by atoms with Crippen LogP contribution in [0.15, 0.2) is 11.5 Å². The molecule has 1 atom stereocenters. The Kier molecular flexibility index (Phi) is 7.37. The third kappa shape index (κ3) is 5.03. The molecule has 2 aliphatic carbocycles. The van der Waals surface area contributed by atoms with E-state index in [1.807, 2.05) is 0 Å². The molecule has 1 unspecified atom stereocenters. The van der Waals surface area contributed by atoms with Crippen LogP contribution in [0.3, 0.4) is 0 Å². The molecular formula is C23H37N3O6. The van der Waals surface area contributed by atoms with E-state index in [2.05, 4.69) is 26.1 Å². The topological polar surface area (TPSA) is 130 Å². The Labute approximate surface area is 189 Å². The van der Waals surface area contributed by atoms with Crippen LogP contribution in [-0.4, -0.2) is 67.9 Å². The number of amides is 2. The summed E-state index contributed by atoms with van der Waals surface area (Å²) in [5.41, 5.74) is -0.330. The van der Waals surface area contributed by atoms with Crippen LogP contribution < -0.4 is 5.32 Å². The number of hydrogen-bond donors (Lipinski definition) is 4. The van der Waals surface area contributed by atoms with Gasteiger partial charge < -0.3 is 20.6 Å². The van der Waals surface area contributed by atoms with E-state index in [1.165, 1.54) is 9.80 Å².